The third-order valence-corrected chi connectivity index (χ3v) is 4.17. The third kappa shape index (κ3) is 6.73. The molecule has 1 heterocycles. The van der Waals surface area contributed by atoms with Gasteiger partial charge in [-0.15, -0.1) is 0 Å². The number of nitrogens with zero attached hydrogens (tertiary/aromatic N) is 1. The highest BCUT2D eigenvalue weighted by atomic mass is 16.7. The lowest BCUT2D eigenvalue weighted by Gasteiger charge is -2.27. The Morgan fingerprint density at radius 3 is 2.37 bits per heavy atom. The first kappa shape index (κ1) is 16.9. The summed E-state index contributed by atoms with van der Waals surface area (Å²) in [5.74, 6) is 0.749. The first-order chi connectivity index (χ1) is 9.17. The molecule has 3 unspecified atom stereocenters. The zero-order valence-corrected chi connectivity index (χ0v) is 13.4. The van der Waals surface area contributed by atoms with E-state index in [0.717, 1.165) is 31.4 Å². The molecule has 0 aromatic carbocycles. The van der Waals surface area contributed by atoms with E-state index in [2.05, 4.69) is 25.7 Å². The average Bonchev–Trinajstić information content (AvgIpc) is 2.93. The van der Waals surface area contributed by atoms with E-state index in [9.17, 15) is 0 Å². The van der Waals surface area contributed by atoms with Crippen LogP contribution in [0.15, 0.2) is 0 Å². The highest BCUT2D eigenvalue weighted by Crippen LogP contribution is 2.21. The minimum Gasteiger partial charge on any atom is -0.356 e. The van der Waals surface area contributed by atoms with Gasteiger partial charge in [-0.1, -0.05) is 13.8 Å². The molecule has 1 saturated heterocycles. The van der Waals surface area contributed by atoms with Crippen LogP contribution in [-0.2, 0) is 9.47 Å². The van der Waals surface area contributed by atoms with Crippen molar-refractivity contribution in [3.05, 3.63) is 0 Å². The maximum atomic E-state index is 5.66. The summed E-state index contributed by atoms with van der Waals surface area (Å²) in [5.41, 5.74) is 0. The number of ether oxygens (including phenoxy) is 2. The lowest BCUT2D eigenvalue weighted by atomic mass is 9.97. The van der Waals surface area contributed by atoms with Gasteiger partial charge in [0.15, 0.2) is 6.29 Å². The molecule has 114 valence electrons. The second-order valence-corrected chi connectivity index (χ2v) is 6.05. The molecule has 0 aliphatic carbocycles. The predicted molar refractivity (Wildman–Crippen MR) is 80.3 cm³/mol. The molecule has 0 aromatic rings. The fraction of sp³-hybridized carbons (Fsp3) is 1.00. The zero-order valence-electron chi connectivity index (χ0n) is 13.4. The van der Waals surface area contributed by atoms with Crippen molar-refractivity contribution in [2.45, 2.75) is 71.6 Å². The minimum atomic E-state index is -0.00973. The first-order valence-electron chi connectivity index (χ1n) is 8.05. The van der Waals surface area contributed by atoms with Crippen molar-refractivity contribution in [3.63, 3.8) is 0 Å². The number of methoxy groups -OCH3 is 1. The minimum absolute atomic E-state index is 0.00973. The monoisotopic (exact) mass is 271 g/mol. The first-order valence-corrected chi connectivity index (χ1v) is 8.05. The van der Waals surface area contributed by atoms with Gasteiger partial charge in [0.25, 0.3) is 0 Å². The van der Waals surface area contributed by atoms with Crippen LogP contribution >= 0.6 is 0 Å². The SMILES string of the molecule is CCCOC(CCC(C)CC(C)N1CCCC1)OC. The molecule has 19 heavy (non-hydrogen) atoms. The molecule has 0 radical (unpaired) electrons. The van der Waals surface area contributed by atoms with Gasteiger partial charge < -0.3 is 14.4 Å². The average molecular weight is 271 g/mol. The molecule has 3 nitrogen and oxygen atoms in total. The fourth-order valence-corrected chi connectivity index (χ4v) is 2.97. The quantitative estimate of drug-likeness (QED) is 0.566. The van der Waals surface area contributed by atoms with Crippen molar-refractivity contribution in [1.29, 1.82) is 0 Å². The highest BCUT2D eigenvalue weighted by Gasteiger charge is 2.20. The molecule has 3 atom stereocenters. The summed E-state index contributed by atoms with van der Waals surface area (Å²) >= 11 is 0. The lowest BCUT2D eigenvalue weighted by molar-refractivity contribution is -0.129. The van der Waals surface area contributed by atoms with Gasteiger partial charge in [0.2, 0.25) is 0 Å². The van der Waals surface area contributed by atoms with Gasteiger partial charge in [-0.05, 0) is 64.5 Å². The molecule has 0 saturated carbocycles. The molecule has 1 aliphatic rings. The zero-order chi connectivity index (χ0) is 14.1. The summed E-state index contributed by atoms with van der Waals surface area (Å²) in [6.07, 6.45) is 7.32. The molecule has 0 amide bonds. The predicted octanol–water partition coefficient (Wildman–Crippen LogP) is 3.68. The van der Waals surface area contributed by atoms with E-state index in [0.29, 0.717) is 0 Å². The van der Waals surface area contributed by atoms with E-state index >= 15 is 0 Å². The molecule has 0 aromatic heterocycles. The standard InChI is InChI=1S/C16H33NO2/c1-5-12-19-16(18-4)9-8-14(2)13-15(3)17-10-6-7-11-17/h14-16H,5-13H2,1-4H3. The van der Waals surface area contributed by atoms with E-state index in [1.165, 1.54) is 38.8 Å². The Hall–Kier alpha value is -0.120. The molecule has 0 N–H and O–H groups in total. The Bertz CT molecular complexity index is 217. The number of rotatable bonds is 10. The van der Waals surface area contributed by atoms with Crippen molar-refractivity contribution in [2.75, 3.05) is 26.8 Å². The van der Waals surface area contributed by atoms with Crippen LogP contribution in [0.4, 0.5) is 0 Å². The fourth-order valence-electron chi connectivity index (χ4n) is 2.97. The summed E-state index contributed by atoms with van der Waals surface area (Å²) < 4.78 is 11.0. The Labute approximate surface area is 119 Å². The topological polar surface area (TPSA) is 21.7 Å². The summed E-state index contributed by atoms with van der Waals surface area (Å²) in [5, 5.41) is 0. The van der Waals surface area contributed by atoms with Gasteiger partial charge in [0, 0.05) is 19.8 Å². The summed E-state index contributed by atoms with van der Waals surface area (Å²) in [6, 6.07) is 0.732. The van der Waals surface area contributed by atoms with E-state index in [1.807, 2.05) is 0 Å². The Balaban J connectivity index is 2.16. The second-order valence-electron chi connectivity index (χ2n) is 6.05. The molecule has 0 bridgehead atoms. The van der Waals surface area contributed by atoms with E-state index < -0.39 is 0 Å². The molecule has 1 fully saturated rings. The normalized spacial score (nSPS) is 21.5. The van der Waals surface area contributed by atoms with Crippen LogP contribution < -0.4 is 0 Å². The van der Waals surface area contributed by atoms with Gasteiger partial charge in [-0.3, -0.25) is 0 Å². The molecule has 3 heteroatoms. The second kappa shape index (κ2) is 9.73. The van der Waals surface area contributed by atoms with Crippen LogP contribution in [0, 0.1) is 5.92 Å². The Morgan fingerprint density at radius 1 is 1.11 bits per heavy atom. The van der Waals surface area contributed by atoms with Crippen molar-refractivity contribution < 1.29 is 9.47 Å². The van der Waals surface area contributed by atoms with E-state index in [-0.39, 0.29) is 6.29 Å². The van der Waals surface area contributed by atoms with Crippen LogP contribution in [-0.4, -0.2) is 44.0 Å². The van der Waals surface area contributed by atoms with Crippen LogP contribution in [0.3, 0.4) is 0 Å². The number of likely N-dealkylation sites (tertiary alicyclic amines) is 1. The molecular weight excluding hydrogens is 238 g/mol. The molecule has 1 aliphatic heterocycles. The lowest BCUT2D eigenvalue weighted by Crippen LogP contribution is -2.31. The largest absolute Gasteiger partial charge is 0.356 e. The van der Waals surface area contributed by atoms with Crippen molar-refractivity contribution in [3.8, 4) is 0 Å². The van der Waals surface area contributed by atoms with Gasteiger partial charge in [-0.2, -0.15) is 0 Å². The van der Waals surface area contributed by atoms with E-state index in [4.69, 9.17) is 9.47 Å². The number of hydrogen-bond acceptors (Lipinski definition) is 3. The number of hydrogen-bond donors (Lipinski definition) is 0. The Kier molecular flexibility index (Phi) is 8.67. The van der Waals surface area contributed by atoms with Gasteiger partial charge in [0.1, 0.15) is 0 Å². The van der Waals surface area contributed by atoms with E-state index in [1.54, 1.807) is 7.11 Å². The smallest absolute Gasteiger partial charge is 0.157 e. The summed E-state index contributed by atoms with van der Waals surface area (Å²) in [6.45, 7) is 10.3. The highest BCUT2D eigenvalue weighted by molar-refractivity contribution is 4.74. The summed E-state index contributed by atoms with van der Waals surface area (Å²) in [7, 11) is 1.75. The molecule has 1 rings (SSSR count). The third-order valence-electron chi connectivity index (χ3n) is 4.17. The maximum absolute atomic E-state index is 5.66. The maximum Gasteiger partial charge on any atom is 0.157 e. The van der Waals surface area contributed by atoms with Crippen molar-refractivity contribution in [2.24, 2.45) is 5.92 Å². The van der Waals surface area contributed by atoms with Gasteiger partial charge >= 0.3 is 0 Å². The van der Waals surface area contributed by atoms with Gasteiger partial charge in [0.05, 0.1) is 0 Å². The van der Waals surface area contributed by atoms with Gasteiger partial charge in [-0.25, -0.2) is 0 Å². The van der Waals surface area contributed by atoms with Crippen LogP contribution in [0.2, 0.25) is 0 Å². The van der Waals surface area contributed by atoms with Crippen molar-refractivity contribution in [1.82, 2.24) is 4.90 Å². The van der Waals surface area contributed by atoms with Crippen LogP contribution in [0.25, 0.3) is 0 Å². The Morgan fingerprint density at radius 2 is 1.79 bits per heavy atom. The molecule has 0 spiro atoms. The van der Waals surface area contributed by atoms with Crippen LogP contribution in [0.5, 0.6) is 0 Å². The van der Waals surface area contributed by atoms with Crippen molar-refractivity contribution >= 4 is 0 Å². The summed E-state index contributed by atoms with van der Waals surface area (Å²) in [4.78, 5) is 2.64. The molecular formula is C16H33NO2. The van der Waals surface area contributed by atoms with Crippen LogP contribution in [0.1, 0.15) is 59.3 Å².